The van der Waals surface area contributed by atoms with E-state index < -0.39 is 24.5 Å². The van der Waals surface area contributed by atoms with Gasteiger partial charge >= 0.3 is 5.69 Å². The fraction of sp³-hybridized carbons (Fsp3) is 0.211. The Bertz CT molecular complexity index is 1320. The topological polar surface area (TPSA) is 104 Å². The van der Waals surface area contributed by atoms with Gasteiger partial charge in [0.1, 0.15) is 18.6 Å². The zero-order valence-electron chi connectivity index (χ0n) is 16.4. The summed E-state index contributed by atoms with van der Waals surface area (Å²) in [5.41, 5.74) is -0.426. The largest absolute Gasteiger partial charge is 0.382 e. The molecule has 3 heterocycles. The molecule has 4 rings (SSSR count). The molecule has 9 nitrogen and oxygen atoms in total. The van der Waals surface area contributed by atoms with E-state index in [-0.39, 0.29) is 23.8 Å². The van der Waals surface area contributed by atoms with Gasteiger partial charge in [0, 0.05) is 16.8 Å². The highest BCUT2D eigenvalue weighted by atomic mass is 35.5. The molecule has 1 aromatic carbocycles. The highest BCUT2D eigenvalue weighted by molar-refractivity contribution is 6.32. The van der Waals surface area contributed by atoms with Crippen molar-refractivity contribution in [1.29, 1.82) is 0 Å². The molecule has 172 valence electrons. The van der Waals surface area contributed by atoms with Crippen LogP contribution in [0.15, 0.2) is 53.8 Å². The lowest BCUT2D eigenvalue weighted by atomic mass is 10.2. The van der Waals surface area contributed by atoms with Gasteiger partial charge in [0.25, 0.3) is 6.43 Å². The van der Waals surface area contributed by atoms with Gasteiger partial charge in [0.2, 0.25) is 6.30 Å². The molecular formula is C19H14Cl2F3N7O2. The molecule has 0 bridgehead atoms. The number of aliphatic hydroxyl groups excluding tert-OH is 1. The standard InChI is InChI=1S/C19H14Cl2F3N7O2/c20-11-3-1-10(2-4-11)18-28-29(19(33)31(18)17(24)15(32)16(22)23)8-14-26-9-30(27-14)13-7-25-6-5-12(13)21/h1-7,9,15-17,32H,8H2/t15-,17?/m1/s1. The van der Waals surface area contributed by atoms with Gasteiger partial charge in [-0.2, -0.15) is 0 Å². The summed E-state index contributed by atoms with van der Waals surface area (Å²) in [6.45, 7) is -0.311. The molecule has 3 aromatic heterocycles. The molecule has 0 spiro atoms. The van der Waals surface area contributed by atoms with Gasteiger partial charge in [-0.15, -0.1) is 10.2 Å². The number of aromatic nitrogens is 7. The van der Waals surface area contributed by atoms with Gasteiger partial charge < -0.3 is 5.11 Å². The Morgan fingerprint density at radius 1 is 1.06 bits per heavy atom. The molecule has 0 saturated carbocycles. The number of pyridine rings is 1. The van der Waals surface area contributed by atoms with Crippen molar-refractivity contribution in [3.63, 3.8) is 0 Å². The molecule has 0 amide bonds. The average Bonchev–Trinajstić information content (AvgIpc) is 3.38. The van der Waals surface area contributed by atoms with E-state index in [4.69, 9.17) is 23.2 Å². The molecule has 0 aliphatic carbocycles. The molecule has 33 heavy (non-hydrogen) atoms. The van der Waals surface area contributed by atoms with Crippen molar-refractivity contribution in [1.82, 2.24) is 34.1 Å². The van der Waals surface area contributed by atoms with Crippen molar-refractivity contribution < 1.29 is 18.3 Å². The highest BCUT2D eigenvalue weighted by Crippen LogP contribution is 2.26. The first-order valence-electron chi connectivity index (χ1n) is 9.32. The first-order valence-corrected chi connectivity index (χ1v) is 10.1. The fourth-order valence-electron chi connectivity index (χ4n) is 2.97. The third-order valence-corrected chi connectivity index (χ3v) is 5.16. The summed E-state index contributed by atoms with van der Waals surface area (Å²) >= 11 is 12.0. The van der Waals surface area contributed by atoms with E-state index in [1.165, 1.54) is 47.7 Å². The van der Waals surface area contributed by atoms with E-state index >= 15 is 0 Å². The number of rotatable bonds is 7. The van der Waals surface area contributed by atoms with Crippen molar-refractivity contribution >= 4 is 23.2 Å². The summed E-state index contributed by atoms with van der Waals surface area (Å²) in [5, 5.41) is 18.5. The van der Waals surface area contributed by atoms with Gasteiger partial charge in [0.05, 0.1) is 11.2 Å². The lowest BCUT2D eigenvalue weighted by Gasteiger charge is -2.16. The van der Waals surface area contributed by atoms with Crippen LogP contribution in [-0.2, 0) is 6.54 Å². The smallest absolute Gasteiger partial charge is 0.349 e. The van der Waals surface area contributed by atoms with Crippen molar-refractivity contribution in [2.75, 3.05) is 0 Å². The maximum atomic E-state index is 14.8. The summed E-state index contributed by atoms with van der Waals surface area (Å²) in [4.78, 5) is 20.9. The third-order valence-electron chi connectivity index (χ3n) is 4.59. The van der Waals surface area contributed by atoms with E-state index in [1.54, 1.807) is 6.07 Å². The highest BCUT2D eigenvalue weighted by Gasteiger charge is 2.33. The van der Waals surface area contributed by atoms with Gasteiger partial charge in [-0.05, 0) is 30.3 Å². The summed E-state index contributed by atoms with van der Waals surface area (Å²) in [6.07, 6.45) is -4.63. The zero-order valence-corrected chi connectivity index (χ0v) is 17.9. The Hall–Kier alpha value is -3.22. The zero-order chi connectivity index (χ0) is 23.7. The average molecular weight is 500 g/mol. The van der Waals surface area contributed by atoms with Crippen LogP contribution in [0.3, 0.4) is 0 Å². The Morgan fingerprint density at radius 2 is 1.79 bits per heavy atom. The molecule has 0 radical (unpaired) electrons. The van der Waals surface area contributed by atoms with Crippen LogP contribution in [0.5, 0.6) is 0 Å². The maximum absolute atomic E-state index is 14.8. The molecule has 2 atom stereocenters. The van der Waals surface area contributed by atoms with Crippen LogP contribution in [0.2, 0.25) is 10.0 Å². The number of hydrogen-bond donors (Lipinski definition) is 1. The molecule has 0 aliphatic rings. The molecule has 1 N–H and O–H groups in total. The predicted molar refractivity (Wildman–Crippen MR) is 112 cm³/mol. The number of alkyl halides is 3. The van der Waals surface area contributed by atoms with Crippen LogP contribution in [0.1, 0.15) is 12.1 Å². The summed E-state index contributed by atoms with van der Waals surface area (Å²) in [6, 6.07) is 7.34. The van der Waals surface area contributed by atoms with Crippen LogP contribution >= 0.6 is 23.2 Å². The van der Waals surface area contributed by atoms with Crippen molar-refractivity contribution in [3.8, 4) is 17.1 Å². The molecule has 1 unspecified atom stereocenters. The number of benzene rings is 1. The summed E-state index contributed by atoms with van der Waals surface area (Å²) in [5.74, 6) is -0.173. The Morgan fingerprint density at radius 3 is 2.45 bits per heavy atom. The van der Waals surface area contributed by atoms with Crippen LogP contribution < -0.4 is 5.69 Å². The van der Waals surface area contributed by atoms with Gasteiger partial charge in [-0.3, -0.25) is 4.98 Å². The minimum Gasteiger partial charge on any atom is -0.382 e. The van der Waals surface area contributed by atoms with Gasteiger partial charge in [-0.25, -0.2) is 36.9 Å². The second-order valence-electron chi connectivity index (χ2n) is 6.77. The minimum absolute atomic E-state index is 0.106. The van der Waals surface area contributed by atoms with Crippen LogP contribution in [0, 0.1) is 0 Å². The minimum atomic E-state index is -3.42. The maximum Gasteiger partial charge on any atom is 0.349 e. The number of hydrogen-bond acceptors (Lipinski definition) is 6. The predicted octanol–water partition coefficient (Wildman–Crippen LogP) is 3.14. The van der Waals surface area contributed by atoms with Crippen LogP contribution in [0.4, 0.5) is 13.2 Å². The monoisotopic (exact) mass is 499 g/mol. The molecule has 0 saturated heterocycles. The number of nitrogens with zero attached hydrogens (tertiary/aromatic N) is 7. The second-order valence-corrected chi connectivity index (χ2v) is 7.61. The quantitative estimate of drug-likeness (QED) is 0.418. The number of aliphatic hydroxyl groups is 1. The molecule has 0 aliphatic heterocycles. The summed E-state index contributed by atoms with van der Waals surface area (Å²) < 4.78 is 43.2. The normalized spacial score (nSPS) is 13.4. The van der Waals surface area contributed by atoms with E-state index in [1.807, 2.05) is 0 Å². The van der Waals surface area contributed by atoms with Crippen molar-refractivity contribution in [2.45, 2.75) is 25.4 Å². The fourth-order valence-corrected chi connectivity index (χ4v) is 3.29. The van der Waals surface area contributed by atoms with E-state index in [0.29, 0.717) is 20.3 Å². The Labute approximate surface area is 193 Å². The van der Waals surface area contributed by atoms with Gasteiger partial charge in [-0.1, -0.05) is 23.2 Å². The first-order chi connectivity index (χ1) is 15.8. The van der Waals surface area contributed by atoms with E-state index in [2.05, 4.69) is 20.2 Å². The number of halogens is 5. The molecule has 0 fully saturated rings. The first kappa shape index (κ1) is 23.0. The molecule has 4 aromatic rings. The third kappa shape index (κ3) is 4.63. The van der Waals surface area contributed by atoms with Gasteiger partial charge in [0.15, 0.2) is 17.8 Å². The lowest BCUT2D eigenvalue weighted by molar-refractivity contribution is -0.0723. The van der Waals surface area contributed by atoms with Crippen molar-refractivity contribution in [2.24, 2.45) is 0 Å². The summed E-state index contributed by atoms with van der Waals surface area (Å²) in [7, 11) is 0. The SMILES string of the molecule is O=c1n(Cc2ncn(-c3cnccc3Cl)n2)nc(-c2ccc(Cl)cc2)n1C(F)[C@H](O)C(F)F. The second kappa shape index (κ2) is 9.33. The Kier molecular flexibility index (Phi) is 6.49. The molecular weight excluding hydrogens is 486 g/mol. The van der Waals surface area contributed by atoms with E-state index in [0.717, 1.165) is 4.68 Å². The molecule has 14 heteroatoms. The van der Waals surface area contributed by atoms with Crippen molar-refractivity contribution in [3.05, 3.63) is 75.4 Å². The van der Waals surface area contributed by atoms with E-state index in [9.17, 15) is 23.1 Å². The lowest BCUT2D eigenvalue weighted by Crippen LogP contribution is -2.35. The van der Waals surface area contributed by atoms with Crippen LogP contribution in [-0.4, -0.2) is 51.7 Å². The van der Waals surface area contributed by atoms with Crippen LogP contribution in [0.25, 0.3) is 17.1 Å². The Balaban J connectivity index is 1.74.